The first kappa shape index (κ1) is 11.8. The molecule has 0 bridgehead atoms. The number of hydrogen-bond donors (Lipinski definition) is 1. The first-order valence-electron chi connectivity index (χ1n) is 4.85. The van der Waals surface area contributed by atoms with Crippen LogP contribution in [0.25, 0.3) is 0 Å². The molecule has 1 amide bonds. The van der Waals surface area contributed by atoms with Gasteiger partial charge >= 0.3 is 17.3 Å². The van der Waals surface area contributed by atoms with Crippen LogP contribution in [0.4, 0.5) is 9.18 Å². The molecule has 0 aromatic carbocycles. The van der Waals surface area contributed by atoms with E-state index in [0.717, 1.165) is 4.57 Å². The minimum absolute atomic E-state index is 0.0261. The van der Waals surface area contributed by atoms with Crippen LogP contribution in [0.5, 0.6) is 0 Å². The van der Waals surface area contributed by atoms with Gasteiger partial charge in [-0.2, -0.15) is 8.96 Å². The number of amides is 1. The monoisotopic (exact) mass is 253 g/mol. The van der Waals surface area contributed by atoms with Gasteiger partial charge in [0.15, 0.2) is 0 Å². The number of aromatic nitrogens is 2. The van der Waals surface area contributed by atoms with E-state index in [2.05, 4.69) is 0 Å². The predicted octanol–water partition coefficient (Wildman–Crippen LogP) is -0.283. The Morgan fingerprint density at radius 1 is 1.44 bits per heavy atom. The Kier molecular flexibility index (Phi) is 2.84. The van der Waals surface area contributed by atoms with Crippen molar-refractivity contribution in [2.75, 3.05) is 0 Å². The van der Waals surface area contributed by atoms with Crippen LogP contribution in [0.1, 0.15) is 5.76 Å². The Hall–Kier alpha value is -2.64. The van der Waals surface area contributed by atoms with Gasteiger partial charge < -0.3 is 10.2 Å². The highest BCUT2D eigenvalue weighted by atomic mass is 19.1. The first-order chi connectivity index (χ1) is 8.50. The number of nitrogens with two attached hydrogens (primary N) is 1. The van der Waals surface area contributed by atoms with E-state index >= 15 is 0 Å². The fourth-order valence-electron chi connectivity index (χ4n) is 1.45. The fraction of sp³-hybridized carbons (Fsp3) is 0.100. The van der Waals surface area contributed by atoms with Gasteiger partial charge in [0.2, 0.25) is 5.82 Å². The van der Waals surface area contributed by atoms with Gasteiger partial charge in [0, 0.05) is 0 Å². The summed E-state index contributed by atoms with van der Waals surface area (Å²) >= 11 is 0. The number of primary amides is 1. The third-order valence-corrected chi connectivity index (χ3v) is 2.24. The number of carbonyl (C=O) groups is 1. The van der Waals surface area contributed by atoms with E-state index < -0.39 is 23.1 Å². The maximum Gasteiger partial charge on any atom is 0.339 e. The zero-order valence-corrected chi connectivity index (χ0v) is 9.00. The lowest BCUT2D eigenvalue weighted by molar-refractivity contribution is 0.247. The van der Waals surface area contributed by atoms with Crippen molar-refractivity contribution in [3.63, 3.8) is 0 Å². The number of nitrogens with zero attached hydrogens (tertiary/aromatic N) is 2. The maximum atomic E-state index is 13.3. The van der Waals surface area contributed by atoms with E-state index in [-0.39, 0.29) is 11.1 Å². The summed E-state index contributed by atoms with van der Waals surface area (Å²) in [5, 5.41) is 0. The molecule has 0 radical (unpaired) electrons. The van der Waals surface area contributed by atoms with E-state index in [4.69, 9.17) is 10.2 Å². The lowest BCUT2D eigenvalue weighted by atomic mass is 10.4. The van der Waals surface area contributed by atoms with Crippen LogP contribution in [0.2, 0.25) is 0 Å². The summed E-state index contributed by atoms with van der Waals surface area (Å²) in [6.07, 6.45) is 2.08. The topological polar surface area (TPSA) is 100 Å². The van der Waals surface area contributed by atoms with Crippen LogP contribution in [0.15, 0.2) is 38.6 Å². The van der Waals surface area contributed by atoms with Gasteiger partial charge in [0.1, 0.15) is 5.76 Å². The van der Waals surface area contributed by atoms with E-state index in [0.29, 0.717) is 12.0 Å². The molecule has 18 heavy (non-hydrogen) atoms. The first-order valence-corrected chi connectivity index (χ1v) is 4.85. The highest BCUT2D eigenvalue weighted by Gasteiger charge is 2.15. The summed E-state index contributed by atoms with van der Waals surface area (Å²) in [6, 6.07) is 1.81. The van der Waals surface area contributed by atoms with Gasteiger partial charge in [0.25, 0.3) is 0 Å². The van der Waals surface area contributed by atoms with Gasteiger partial charge in [-0.25, -0.2) is 9.59 Å². The molecule has 0 spiro atoms. The van der Waals surface area contributed by atoms with Crippen molar-refractivity contribution in [1.82, 2.24) is 9.13 Å². The molecule has 0 fully saturated rings. The maximum absolute atomic E-state index is 13.3. The van der Waals surface area contributed by atoms with E-state index in [1.54, 1.807) is 12.1 Å². The molecule has 2 heterocycles. The second-order valence-corrected chi connectivity index (χ2v) is 3.45. The normalized spacial score (nSPS) is 10.5. The van der Waals surface area contributed by atoms with Crippen molar-refractivity contribution in [3.05, 3.63) is 57.0 Å². The molecular weight excluding hydrogens is 245 g/mol. The number of halogens is 1. The molecule has 0 aliphatic rings. The summed E-state index contributed by atoms with van der Waals surface area (Å²) in [7, 11) is 0. The second-order valence-electron chi connectivity index (χ2n) is 3.45. The fourth-order valence-corrected chi connectivity index (χ4v) is 1.45. The zero-order valence-electron chi connectivity index (χ0n) is 9.00. The predicted molar refractivity (Wildman–Crippen MR) is 57.7 cm³/mol. The van der Waals surface area contributed by atoms with Crippen LogP contribution in [0.3, 0.4) is 0 Å². The van der Waals surface area contributed by atoms with E-state index in [1.165, 1.54) is 6.26 Å². The molecule has 7 nitrogen and oxygen atoms in total. The van der Waals surface area contributed by atoms with E-state index in [9.17, 15) is 18.8 Å². The molecule has 2 rings (SSSR count). The van der Waals surface area contributed by atoms with Gasteiger partial charge in [-0.3, -0.25) is 9.36 Å². The number of rotatable bonds is 2. The molecule has 2 N–H and O–H groups in total. The lowest BCUT2D eigenvalue weighted by Crippen LogP contribution is -2.47. The average Bonchev–Trinajstić information content (AvgIpc) is 2.78. The molecule has 2 aromatic rings. The molecule has 0 aliphatic heterocycles. The van der Waals surface area contributed by atoms with Crippen LogP contribution >= 0.6 is 0 Å². The minimum Gasteiger partial charge on any atom is -0.467 e. The second kappa shape index (κ2) is 4.32. The molecule has 0 saturated heterocycles. The van der Waals surface area contributed by atoms with Gasteiger partial charge in [0.05, 0.1) is 19.0 Å². The van der Waals surface area contributed by atoms with Gasteiger partial charge in [-0.05, 0) is 12.1 Å². The Balaban J connectivity index is 2.59. The van der Waals surface area contributed by atoms with Crippen molar-refractivity contribution in [1.29, 1.82) is 0 Å². The van der Waals surface area contributed by atoms with E-state index in [1.807, 2.05) is 0 Å². The molecular formula is C10H8FN3O4. The summed E-state index contributed by atoms with van der Waals surface area (Å²) in [4.78, 5) is 33.9. The molecule has 0 unspecified atom stereocenters. The summed E-state index contributed by atoms with van der Waals surface area (Å²) in [6.45, 7) is -0.115. The molecule has 0 saturated carbocycles. The largest absolute Gasteiger partial charge is 0.467 e. The van der Waals surface area contributed by atoms with Gasteiger partial charge in [-0.1, -0.05) is 0 Å². The third-order valence-electron chi connectivity index (χ3n) is 2.24. The number of furan rings is 1. The molecule has 2 aromatic heterocycles. The van der Waals surface area contributed by atoms with Crippen molar-refractivity contribution in [2.24, 2.45) is 5.73 Å². The van der Waals surface area contributed by atoms with Crippen LogP contribution in [-0.2, 0) is 6.54 Å². The van der Waals surface area contributed by atoms with Crippen molar-refractivity contribution in [2.45, 2.75) is 6.54 Å². The van der Waals surface area contributed by atoms with Crippen LogP contribution < -0.4 is 17.0 Å². The summed E-state index contributed by atoms with van der Waals surface area (Å²) in [5.74, 6) is -0.883. The quantitative estimate of drug-likeness (QED) is 0.795. The Morgan fingerprint density at radius 3 is 2.72 bits per heavy atom. The third kappa shape index (κ3) is 1.95. The van der Waals surface area contributed by atoms with Crippen molar-refractivity contribution in [3.8, 4) is 0 Å². The molecule has 0 aliphatic carbocycles. The summed E-state index contributed by atoms with van der Waals surface area (Å²) in [5.41, 5.74) is 2.45. The lowest BCUT2D eigenvalue weighted by Gasteiger charge is -2.06. The molecule has 94 valence electrons. The average molecular weight is 253 g/mol. The number of hydrogen-bond acceptors (Lipinski definition) is 4. The number of carbonyl (C=O) groups excluding carboxylic acids is 1. The Bertz CT molecular complexity index is 699. The van der Waals surface area contributed by atoms with Gasteiger partial charge in [-0.15, -0.1) is 0 Å². The van der Waals surface area contributed by atoms with Crippen molar-refractivity contribution < 1.29 is 13.6 Å². The Morgan fingerprint density at radius 2 is 2.17 bits per heavy atom. The van der Waals surface area contributed by atoms with Crippen LogP contribution in [0, 0.1) is 5.82 Å². The zero-order chi connectivity index (χ0) is 13.3. The minimum atomic E-state index is -1.37. The SMILES string of the molecule is NC(=O)n1c(=O)c(F)cn(Cc2ccco2)c1=O. The summed E-state index contributed by atoms with van der Waals surface area (Å²) < 4.78 is 19.1. The highest BCUT2D eigenvalue weighted by molar-refractivity contribution is 5.74. The molecule has 8 heteroatoms. The Labute approximate surface area is 98.9 Å². The van der Waals surface area contributed by atoms with Crippen LogP contribution in [-0.4, -0.2) is 15.2 Å². The van der Waals surface area contributed by atoms with Crippen molar-refractivity contribution >= 4 is 6.03 Å². The molecule has 0 atom stereocenters. The standard InChI is InChI=1S/C10H8FN3O4/c11-7-5-13(4-6-2-1-3-18-6)10(17)14(8(7)15)9(12)16/h1-3,5H,4H2,(H2,12,16). The highest BCUT2D eigenvalue weighted by Crippen LogP contribution is 2.01. The smallest absolute Gasteiger partial charge is 0.339 e.